The zero-order chi connectivity index (χ0) is 16.7. The number of aryl methyl sites for hydroxylation is 1. The minimum absolute atomic E-state index is 0. The molecule has 4 nitrogen and oxygen atoms in total. The van der Waals surface area contributed by atoms with Gasteiger partial charge in [0.05, 0.1) is 10.7 Å². The first kappa shape index (κ1) is 20.8. The van der Waals surface area contributed by atoms with E-state index in [0.29, 0.717) is 12.5 Å². The molecule has 132 valence electrons. The summed E-state index contributed by atoms with van der Waals surface area (Å²) in [5, 5.41) is 9.29. The van der Waals surface area contributed by atoms with E-state index in [0.717, 1.165) is 35.7 Å². The summed E-state index contributed by atoms with van der Waals surface area (Å²) < 4.78 is 26.7. The zero-order valence-corrected chi connectivity index (χ0v) is 16.8. The third-order valence-corrected chi connectivity index (χ3v) is 4.29. The van der Waals surface area contributed by atoms with Crippen molar-refractivity contribution in [2.75, 3.05) is 13.6 Å². The average molecular weight is 466 g/mol. The van der Waals surface area contributed by atoms with Crippen LogP contribution in [0.5, 0.6) is 0 Å². The van der Waals surface area contributed by atoms with Crippen molar-refractivity contribution in [1.29, 1.82) is 0 Å². The van der Waals surface area contributed by atoms with Crippen LogP contribution < -0.4 is 10.6 Å². The summed E-state index contributed by atoms with van der Waals surface area (Å²) in [6, 6.07) is 3.40. The van der Waals surface area contributed by atoms with Crippen LogP contribution in [0.15, 0.2) is 28.6 Å². The Morgan fingerprint density at radius 1 is 1.29 bits per heavy atom. The number of hydrogen-bond acceptors (Lipinski definition) is 3. The highest BCUT2D eigenvalue weighted by atomic mass is 127. The van der Waals surface area contributed by atoms with Crippen molar-refractivity contribution < 1.29 is 8.78 Å². The van der Waals surface area contributed by atoms with Crippen LogP contribution in [-0.4, -0.2) is 24.5 Å². The van der Waals surface area contributed by atoms with Crippen LogP contribution in [0.2, 0.25) is 0 Å². The lowest BCUT2D eigenvalue weighted by atomic mass is 10.2. The first-order chi connectivity index (χ1) is 11.1. The molecule has 24 heavy (non-hydrogen) atoms. The Bertz CT molecular complexity index is 676. The Morgan fingerprint density at radius 3 is 2.75 bits per heavy atom. The summed E-state index contributed by atoms with van der Waals surface area (Å²) in [6.45, 7) is 2.91. The molecule has 0 aliphatic heterocycles. The van der Waals surface area contributed by atoms with E-state index in [4.69, 9.17) is 0 Å². The summed E-state index contributed by atoms with van der Waals surface area (Å²) >= 11 is 1.66. The van der Waals surface area contributed by atoms with Gasteiger partial charge in [-0.3, -0.25) is 4.99 Å². The maximum atomic E-state index is 13.6. The molecule has 1 heterocycles. The molecule has 0 atom stereocenters. The lowest BCUT2D eigenvalue weighted by molar-refractivity contribution is 0.581. The number of benzene rings is 1. The molecule has 0 fully saturated rings. The third-order valence-electron chi connectivity index (χ3n) is 3.25. The SMILES string of the molecule is CCc1nc(CCNC(=NC)NCc2cc(F)ccc2F)cs1.I. The second-order valence-corrected chi connectivity index (χ2v) is 5.87. The van der Waals surface area contributed by atoms with Crippen LogP contribution in [0.3, 0.4) is 0 Å². The number of hydrogen-bond donors (Lipinski definition) is 2. The van der Waals surface area contributed by atoms with Crippen molar-refractivity contribution in [3.63, 3.8) is 0 Å². The number of aliphatic imine (C=N–C) groups is 1. The van der Waals surface area contributed by atoms with E-state index in [1.807, 2.05) is 0 Å². The highest BCUT2D eigenvalue weighted by Crippen LogP contribution is 2.10. The topological polar surface area (TPSA) is 49.3 Å². The average Bonchev–Trinajstić information content (AvgIpc) is 3.01. The summed E-state index contributed by atoms with van der Waals surface area (Å²) in [5.41, 5.74) is 1.31. The van der Waals surface area contributed by atoms with Crippen LogP contribution in [0.25, 0.3) is 0 Å². The Balaban J connectivity index is 0.00000288. The highest BCUT2D eigenvalue weighted by Gasteiger charge is 2.06. The molecule has 8 heteroatoms. The fourth-order valence-corrected chi connectivity index (χ4v) is 2.79. The van der Waals surface area contributed by atoms with Crippen LogP contribution in [0.4, 0.5) is 8.78 Å². The molecule has 0 saturated heterocycles. The van der Waals surface area contributed by atoms with Gasteiger partial charge in [0.2, 0.25) is 0 Å². The van der Waals surface area contributed by atoms with Gasteiger partial charge in [-0.1, -0.05) is 6.92 Å². The number of nitrogens with zero attached hydrogens (tertiary/aromatic N) is 2. The maximum Gasteiger partial charge on any atom is 0.191 e. The van der Waals surface area contributed by atoms with E-state index >= 15 is 0 Å². The van der Waals surface area contributed by atoms with E-state index in [1.165, 1.54) is 6.07 Å². The predicted octanol–water partition coefficient (Wildman–Crippen LogP) is 3.51. The zero-order valence-electron chi connectivity index (χ0n) is 13.6. The number of nitrogens with one attached hydrogen (secondary N) is 2. The van der Waals surface area contributed by atoms with Crippen LogP contribution >= 0.6 is 35.3 Å². The Kier molecular flexibility index (Phi) is 9.12. The molecular weight excluding hydrogens is 445 g/mol. The lowest BCUT2D eigenvalue weighted by Gasteiger charge is -2.12. The van der Waals surface area contributed by atoms with E-state index in [1.54, 1.807) is 18.4 Å². The molecule has 0 amide bonds. The van der Waals surface area contributed by atoms with E-state index in [-0.39, 0.29) is 36.1 Å². The first-order valence-corrected chi connectivity index (χ1v) is 8.32. The molecule has 0 spiro atoms. The van der Waals surface area contributed by atoms with Gasteiger partial charge in [-0.05, 0) is 24.6 Å². The fraction of sp³-hybridized carbons (Fsp3) is 0.375. The number of thiazole rings is 1. The predicted molar refractivity (Wildman–Crippen MR) is 105 cm³/mol. The Morgan fingerprint density at radius 2 is 2.08 bits per heavy atom. The van der Waals surface area contributed by atoms with Crippen LogP contribution in [0, 0.1) is 11.6 Å². The van der Waals surface area contributed by atoms with Gasteiger partial charge in [-0.25, -0.2) is 13.8 Å². The van der Waals surface area contributed by atoms with Crippen LogP contribution in [-0.2, 0) is 19.4 Å². The monoisotopic (exact) mass is 466 g/mol. The van der Waals surface area contributed by atoms with Crippen molar-refractivity contribution in [2.24, 2.45) is 4.99 Å². The largest absolute Gasteiger partial charge is 0.356 e. The molecule has 0 aliphatic carbocycles. The summed E-state index contributed by atoms with van der Waals surface area (Å²) in [7, 11) is 1.63. The van der Waals surface area contributed by atoms with E-state index in [9.17, 15) is 8.78 Å². The van der Waals surface area contributed by atoms with E-state index < -0.39 is 11.6 Å². The van der Waals surface area contributed by atoms with Crippen molar-refractivity contribution in [3.8, 4) is 0 Å². The Hall–Kier alpha value is -1.29. The summed E-state index contributed by atoms with van der Waals surface area (Å²) in [5.74, 6) is -0.357. The van der Waals surface area contributed by atoms with Gasteiger partial charge >= 0.3 is 0 Å². The van der Waals surface area contributed by atoms with Crippen molar-refractivity contribution >= 4 is 41.3 Å². The van der Waals surface area contributed by atoms with E-state index in [2.05, 4.69) is 32.9 Å². The first-order valence-electron chi connectivity index (χ1n) is 7.44. The normalized spacial score (nSPS) is 11.1. The molecule has 1 aromatic heterocycles. The van der Waals surface area contributed by atoms with Crippen molar-refractivity contribution in [1.82, 2.24) is 15.6 Å². The quantitative estimate of drug-likeness (QED) is 0.389. The molecule has 1 aromatic carbocycles. The number of halogens is 3. The minimum Gasteiger partial charge on any atom is -0.356 e. The molecular formula is C16H21F2IN4S. The smallest absolute Gasteiger partial charge is 0.191 e. The number of aromatic nitrogens is 1. The second kappa shape index (κ2) is 10.5. The molecule has 2 aromatic rings. The second-order valence-electron chi connectivity index (χ2n) is 4.92. The van der Waals surface area contributed by atoms with Gasteiger partial charge in [0.25, 0.3) is 0 Å². The molecule has 0 saturated carbocycles. The molecule has 0 bridgehead atoms. The number of rotatable bonds is 6. The van der Waals surface area contributed by atoms with Gasteiger partial charge < -0.3 is 10.6 Å². The lowest BCUT2D eigenvalue weighted by Crippen LogP contribution is -2.38. The summed E-state index contributed by atoms with van der Waals surface area (Å²) in [4.78, 5) is 8.56. The van der Waals surface area contributed by atoms with Gasteiger partial charge in [-0.2, -0.15) is 0 Å². The molecule has 2 rings (SSSR count). The molecule has 0 radical (unpaired) electrons. The molecule has 0 aliphatic rings. The van der Waals surface area contributed by atoms with Gasteiger partial charge in [0.1, 0.15) is 11.6 Å². The molecule has 2 N–H and O–H groups in total. The van der Waals surface area contributed by atoms with Gasteiger partial charge in [0.15, 0.2) is 5.96 Å². The number of guanidine groups is 1. The van der Waals surface area contributed by atoms with Crippen LogP contribution in [0.1, 0.15) is 23.2 Å². The minimum atomic E-state index is -0.457. The third kappa shape index (κ3) is 6.31. The molecule has 0 unspecified atom stereocenters. The standard InChI is InChI=1S/C16H20F2N4S.HI/c1-3-15-22-13(10-23-15)6-7-20-16(19-2)21-9-11-8-12(17)4-5-14(11)18;/h4-5,8,10H,3,6-7,9H2,1-2H3,(H2,19,20,21);1H. The highest BCUT2D eigenvalue weighted by molar-refractivity contribution is 14.0. The van der Waals surface area contributed by atoms with Gasteiger partial charge in [0, 0.05) is 37.5 Å². The van der Waals surface area contributed by atoms with Crippen molar-refractivity contribution in [3.05, 3.63) is 51.5 Å². The van der Waals surface area contributed by atoms with Gasteiger partial charge in [-0.15, -0.1) is 35.3 Å². The summed E-state index contributed by atoms with van der Waals surface area (Å²) in [6.07, 6.45) is 1.73. The Labute approximate surface area is 161 Å². The fourth-order valence-electron chi connectivity index (χ4n) is 2.01. The maximum absolute atomic E-state index is 13.6. The van der Waals surface area contributed by atoms with Crippen molar-refractivity contribution in [2.45, 2.75) is 26.3 Å².